The van der Waals surface area contributed by atoms with E-state index in [4.69, 9.17) is 4.74 Å². The van der Waals surface area contributed by atoms with Gasteiger partial charge in [0.1, 0.15) is 5.75 Å². The molecule has 0 bridgehead atoms. The molecule has 1 aliphatic heterocycles. The lowest BCUT2D eigenvalue weighted by molar-refractivity contribution is -0.119. The van der Waals surface area contributed by atoms with Crippen LogP contribution in [0.1, 0.15) is 47.4 Å². The van der Waals surface area contributed by atoms with Gasteiger partial charge in [0, 0.05) is 31.8 Å². The van der Waals surface area contributed by atoms with Crippen LogP contribution in [-0.4, -0.2) is 35.4 Å². The minimum Gasteiger partial charge on any atom is -0.497 e. The number of aromatic nitrogens is 1. The molecule has 0 aliphatic carbocycles. The Bertz CT molecular complexity index is 789. The maximum atomic E-state index is 12.9. The summed E-state index contributed by atoms with van der Waals surface area (Å²) in [5, 5.41) is 2.75. The third-order valence-electron chi connectivity index (χ3n) is 4.56. The topological polar surface area (TPSA) is 71.5 Å². The van der Waals surface area contributed by atoms with Crippen LogP contribution in [0.5, 0.6) is 5.75 Å². The summed E-state index contributed by atoms with van der Waals surface area (Å²) in [7, 11) is 1.59. The van der Waals surface area contributed by atoms with Crippen LogP contribution in [0.4, 0.5) is 0 Å². The Morgan fingerprint density at radius 3 is 2.85 bits per heavy atom. The summed E-state index contributed by atoms with van der Waals surface area (Å²) in [6.45, 7) is 2.66. The van der Waals surface area contributed by atoms with Crippen molar-refractivity contribution in [3.05, 3.63) is 59.4 Å². The van der Waals surface area contributed by atoms with Gasteiger partial charge in [0.2, 0.25) is 5.91 Å². The number of methoxy groups -OCH3 is 1. The van der Waals surface area contributed by atoms with Crippen LogP contribution in [0, 0.1) is 0 Å². The summed E-state index contributed by atoms with van der Waals surface area (Å²) in [5.74, 6) is 0.600. The maximum absolute atomic E-state index is 12.9. The molecule has 0 spiro atoms. The van der Waals surface area contributed by atoms with Crippen LogP contribution in [0.25, 0.3) is 0 Å². The van der Waals surface area contributed by atoms with E-state index in [1.54, 1.807) is 19.4 Å². The van der Waals surface area contributed by atoms with Gasteiger partial charge in [-0.3, -0.25) is 14.6 Å². The Morgan fingerprint density at radius 2 is 2.15 bits per heavy atom. The first-order valence-corrected chi connectivity index (χ1v) is 8.73. The molecule has 6 nitrogen and oxygen atoms in total. The van der Waals surface area contributed by atoms with Crippen molar-refractivity contribution in [3.63, 3.8) is 0 Å². The van der Waals surface area contributed by atoms with Gasteiger partial charge in [0.05, 0.1) is 18.8 Å². The molecule has 1 saturated heterocycles. The molecule has 1 N–H and O–H groups in total. The number of ether oxygens (including phenoxy) is 1. The number of carbonyl (C=O) groups excluding carboxylic acids is 2. The largest absolute Gasteiger partial charge is 0.497 e. The first-order valence-electron chi connectivity index (χ1n) is 8.73. The van der Waals surface area contributed by atoms with Gasteiger partial charge in [-0.2, -0.15) is 0 Å². The van der Waals surface area contributed by atoms with E-state index in [9.17, 15) is 9.59 Å². The normalized spacial score (nSPS) is 16.4. The van der Waals surface area contributed by atoms with Gasteiger partial charge >= 0.3 is 0 Å². The molecule has 2 heterocycles. The number of amides is 2. The van der Waals surface area contributed by atoms with Crippen LogP contribution < -0.4 is 10.1 Å². The van der Waals surface area contributed by atoms with Crippen LogP contribution >= 0.6 is 0 Å². The first kappa shape index (κ1) is 17.9. The summed E-state index contributed by atoms with van der Waals surface area (Å²) >= 11 is 0. The molecule has 0 saturated carbocycles. The highest BCUT2D eigenvalue weighted by Crippen LogP contribution is 2.32. The molecule has 1 atom stereocenters. The molecule has 3 rings (SSSR count). The lowest BCUT2D eigenvalue weighted by Crippen LogP contribution is -2.31. The van der Waals surface area contributed by atoms with E-state index in [1.807, 2.05) is 35.2 Å². The number of rotatable bonds is 5. The number of nitrogens with one attached hydrogen (secondary N) is 1. The molecular formula is C20H23N3O3. The van der Waals surface area contributed by atoms with Gasteiger partial charge in [0.25, 0.3) is 5.91 Å². The molecule has 136 valence electrons. The molecule has 0 unspecified atom stereocenters. The van der Waals surface area contributed by atoms with Crippen molar-refractivity contribution in [3.8, 4) is 5.75 Å². The van der Waals surface area contributed by atoms with Gasteiger partial charge in [-0.15, -0.1) is 0 Å². The molecule has 26 heavy (non-hydrogen) atoms. The standard InChI is InChI=1S/C20H23N3O3/c1-14(24)21-12-15-8-9-18(22-13-15)19-7-4-10-23(19)20(25)16-5-3-6-17(11-16)26-2/h3,5-6,8-9,11,13,19H,4,7,10,12H2,1-2H3,(H,21,24)/t19-/m1/s1. The fraction of sp³-hybridized carbons (Fsp3) is 0.350. The fourth-order valence-corrected chi connectivity index (χ4v) is 3.20. The van der Waals surface area contributed by atoms with E-state index in [-0.39, 0.29) is 17.9 Å². The average molecular weight is 353 g/mol. The molecule has 1 aliphatic rings. The van der Waals surface area contributed by atoms with Crippen molar-refractivity contribution < 1.29 is 14.3 Å². The monoisotopic (exact) mass is 353 g/mol. The first-order chi connectivity index (χ1) is 12.6. The lowest BCUT2D eigenvalue weighted by atomic mass is 10.1. The number of hydrogen-bond acceptors (Lipinski definition) is 4. The molecule has 2 aromatic rings. The fourth-order valence-electron chi connectivity index (χ4n) is 3.20. The third kappa shape index (κ3) is 4.02. The summed E-state index contributed by atoms with van der Waals surface area (Å²) in [4.78, 5) is 30.4. The highest BCUT2D eigenvalue weighted by molar-refractivity contribution is 5.95. The van der Waals surface area contributed by atoms with Crippen LogP contribution in [0.3, 0.4) is 0 Å². The van der Waals surface area contributed by atoms with Crippen LogP contribution in [-0.2, 0) is 11.3 Å². The summed E-state index contributed by atoms with van der Waals surface area (Å²) < 4.78 is 5.22. The number of hydrogen-bond donors (Lipinski definition) is 1. The Hall–Kier alpha value is -2.89. The second-order valence-corrected chi connectivity index (χ2v) is 6.39. The Kier molecular flexibility index (Phi) is 5.51. The summed E-state index contributed by atoms with van der Waals surface area (Å²) in [5.41, 5.74) is 2.44. The average Bonchev–Trinajstić information content (AvgIpc) is 3.16. The highest BCUT2D eigenvalue weighted by Gasteiger charge is 2.31. The maximum Gasteiger partial charge on any atom is 0.254 e. The van der Waals surface area contributed by atoms with Gasteiger partial charge in [0.15, 0.2) is 0 Å². The Labute approximate surface area is 153 Å². The van der Waals surface area contributed by atoms with Crippen molar-refractivity contribution in [2.45, 2.75) is 32.4 Å². The predicted molar refractivity (Wildman–Crippen MR) is 97.8 cm³/mol. The minimum atomic E-state index is -0.0695. The van der Waals surface area contributed by atoms with Crippen molar-refractivity contribution in [1.82, 2.24) is 15.2 Å². The molecule has 1 aromatic carbocycles. The Morgan fingerprint density at radius 1 is 1.31 bits per heavy atom. The number of carbonyl (C=O) groups is 2. The number of likely N-dealkylation sites (tertiary alicyclic amines) is 1. The zero-order chi connectivity index (χ0) is 18.5. The quantitative estimate of drug-likeness (QED) is 0.897. The number of nitrogens with zero attached hydrogens (tertiary/aromatic N) is 2. The van der Waals surface area contributed by atoms with E-state index in [0.717, 1.165) is 30.6 Å². The van der Waals surface area contributed by atoms with E-state index < -0.39 is 0 Å². The molecule has 6 heteroatoms. The third-order valence-corrected chi connectivity index (χ3v) is 4.56. The summed E-state index contributed by atoms with van der Waals surface area (Å²) in [6, 6.07) is 11.1. The highest BCUT2D eigenvalue weighted by atomic mass is 16.5. The van der Waals surface area contributed by atoms with E-state index in [0.29, 0.717) is 17.9 Å². The Balaban J connectivity index is 1.75. The molecule has 1 aromatic heterocycles. The van der Waals surface area contributed by atoms with Crippen LogP contribution in [0.2, 0.25) is 0 Å². The smallest absolute Gasteiger partial charge is 0.254 e. The van der Waals surface area contributed by atoms with Gasteiger partial charge in [-0.05, 0) is 42.7 Å². The summed E-state index contributed by atoms with van der Waals surface area (Å²) in [6.07, 6.45) is 3.61. The van der Waals surface area contributed by atoms with Gasteiger partial charge < -0.3 is 15.0 Å². The van der Waals surface area contributed by atoms with Crippen molar-refractivity contribution in [2.24, 2.45) is 0 Å². The molecule has 0 radical (unpaired) electrons. The van der Waals surface area contributed by atoms with Crippen molar-refractivity contribution in [2.75, 3.05) is 13.7 Å². The molecular weight excluding hydrogens is 330 g/mol. The zero-order valence-corrected chi connectivity index (χ0v) is 15.1. The SMILES string of the molecule is COc1cccc(C(=O)N2CCC[C@@H]2c2ccc(CNC(C)=O)cn2)c1. The van der Waals surface area contributed by atoms with Crippen molar-refractivity contribution >= 4 is 11.8 Å². The zero-order valence-electron chi connectivity index (χ0n) is 15.1. The lowest BCUT2D eigenvalue weighted by Gasteiger charge is -2.24. The predicted octanol–water partition coefficient (Wildman–Crippen LogP) is 2.70. The number of benzene rings is 1. The molecule has 2 amide bonds. The number of pyridine rings is 1. The van der Waals surface area contributed by atoms with E-state index in [2.05, 4.69) is 10.3 Å². The van der Waals surface area contributed by atoms with Crippen molar-refractivity contribution in [1.29, 1.82) is 0 Å². The van der Waals surface area contributed by atoms with Gasteiger partial charge in [-0.1, -0.05) is 12.1 Å². The second-order valence-electron chi connectivity index (χ2n) is 6.39. The van der Waals surface area contributed by atoms with E-state index >= 15 is 0 Å². The van der Waals surface area contributed by atoms with Gasteiger partial charge in [-0.25, -0.2) is 0 Å². The molecule has 1 fully saturated rings. The van der Waals surface area contributed by atoms with Crippen LogP contribution in [0.15, 0.2) is 42.6 Å². The minimum absolute atomic E-state index is 0.00415. The second kappa shape index (κ2) is 7.99. The van der Waals surface area contributed by atoms with E-state index in [1.165, 1.54) is 6.92 Å².